The van der Waals surface area contributed by atoms with Crippen molar-refractivity contribution in [1.82, 2.24) is 25.4 Å². The molecule has 38 heavy (non-hydrogen) atoms. The standard InChI is InChI=1S/C27H37F2N5O3S/c1-3-4-6-34-13-19(11-25(34)35)27(37)32-23(10-18-8-20(28)12-21(29)9-18)26(36)24-15-33(7-5-30-24)14-22-16-38-17(2)31-22/h8-9,12,16,19,23-24,26,30,36H,3-7,10-11,13-15H2,1-2H3,(H,32,37)/t19-,23-,24+,26-/m0/s1. The lowest BCUT2D eigenvalue weighted by molar-refractivity contribution is -0.129. The third-order valence-corrected chi connectivity index (χ3v) is 8.06. The number of hydrogen-bond donors (Lipinski definition) is 3. The fourth-order valence-electron chi connectivity index (χ4n) is 5.26. The first-order chi connectivity index (χ1) is 18.2. The topological polar surface area (TPSA) is 97.8 Å². The number of nitrogens with zero attached hydrogens (tertiary/aromatic N) is 3. The third-order valence-electron chi connectivity index (χ3n) is 7.24. The van der Waals surface area contributed by atoms with Crippen molar-refractivity contribution < 1.29 is 23.5 Å². The van der Waals surface area contributed by atoms with Crippen LogP contribution in [0.15, 0.2) is 23.6 Å². The summed E-state index contributed by atoms with van der Waals surface area (Å²) < 4.78 is 27.9. The lowest BCUT2D eigenvalue weighted by Crippen LogP contribution is -2.61. The van der Waals surface area contributed by atoms with Crippen molar-refractivity contribution in [3.63, 3.8) is 0 Å². The number of aliphatic hydroxyl groups excluding tert-OH is 1. The van der Waals surface area contributed by atoms with E-state index in [2.05, 4.69) is 20.5 Å². The number of piperazine rings is 1. The molecule has 2 amide bonds. The molecule has 0 saturated carbocycles. The van der Waals surface area contributed by atoms with Crippen molar-refractivity contribution in [2.45, 2.75) is 64.3 Å². The Bertz CT molecular complexity index is 1100. The second-order valence-electron chi connectivity index (χ2n) is 10.3. The van der Waals surface area contributed by atoms with Crippen LogP contribution in [0.1, 0.15) is 42.5 Å². The Hall–Kier alpha value is -2.47. The average molecular weight is 550 g/mol. The van der Waals surface area contributed by atoms with Crippen LogP contribution >= 0.6 is 11.3 Å². The molecule has 0 aliphatic carbocycles. The van der Waals surface area contributed by atoms with Gasteiger partial charge in [0.25, 0.3) is 0 Å². The van der Waals surface area contributed by atoms with Gasteiger partial charge in [-0.15, -0.1) is 11.3 Å². The number of amides is 2. The molecule has 1 aromatic carbocycles. The van der Waals surface area contributed by atoms with Crippen LogP contribution < -0.4 is 10.6 Å². The Morgan fingerprint density at radius 3 is 2.74 bits per heavy atom. The van der Waals surface area contributed by atoms with E-state index in [4.69, 9.17) is 0 Å². The summed E-state index contributed by atoms with van der Waals surface area (Å²) in [5.74, 6) is -2.34. The number of thiazole rings is 1. The van der Waals surface area contributed by atoms with E-state index in [0.29, 0.717) is 38.3 Å². The number of aromatic nitrogens is 1. The summed E-state index contributed by atoms with van der Waals surface area (Å²) in [5, 5.41) is 20.7. The van der Waals surface area contributed by atoms with Gasteiger partial charge < -0.3 is 20.6 Å². The third kappa shape index (κ3) is 7.56. The van der Waals surface area contributed by atoms with E-state index in [-0.39, 0.29) is 30.7 Å². The second-order valence-corrected chi connectivity index (χ2v) is 11.4. The molecule has 3 heterocycles. The minimum absolute atomic E-state index is 0.0469. The van der Waals surface area contributed by atoms with E-state index < -0.39 is 29.7 Å². The lowest BCUT2D eigenvalue weighted by Gasteiger charge is -2.38. The van der Waals surface area contributed by atoms with Gasteiger partial charge >= 0.3 is 0 Å². The number of hydrogen-bond acceptors (Lipinski definition) is 7. The highest BCUT2D eigenvalue weighted by atomic mass is 32.1. The number of halogens is 2. The molecule has 1 aromatic heterocycles. The first-order valence-electron chi connectivity index (χ1n) is 13.3. The first kappa shape index (κ1) is 28.5. The number of carbonyl (C=O) groups excluding carboxylic acids is 2. The van der Waals surface area contributed by atoms with E-state index in [0.717, 1.165) is 36.2 Å². The SMILES string of the molecule is CCCCN1C[C@@H](C(=O)N[C@@H](Cc2cc(F)cc(F)c2)[C@H](O)[C@H]2CN(Cc3csc(C)n3)CCN2)CC1=O. The van der Waals surface area contributed by atoms with Crippen molar-refractivity contribution in [2.24, 2.45) is 5.92 Å². The Balaban J connectivity index is 1.46. The molecule has 8 nitrogen and oxygen atoms in total. The normalized spacial score (nSPS) is 22.0. The van der Waals surface area contributed by atoms with E-state index in [1.54, 1.807) is 16.2 Å². The Morgan fingerprint density at radius 2 is 2.05 bits per heavy atom. The van der Waals surface area contributed by atoms with Gasteiger partial charge in [-0.2, -0.15) is 0 Å². The quantitative estimate of drug-likeness (QED) is 0.398. The molecule has 0 bridgehead atoms. The highest BCUT2D eigenvalue weighted by Gasteiger charge is 2.37. The molecule has 3 N–H and O–H groups in total. The summed E-state index contributed by atoms with van der Waals surface area (Å²) in [4.78, 5) is 34.1. The number of benzene rings is 1. The predicted octanol–water partition coefficient (Wildman–Crippen LogP) is 2.24. The number of unbranched alkanes of at least 4 members (excludes halogenated alkanes) is 1. The molecule has 4 atom stereocenters. The molecular formula is C27H37F2N5O3S. The van der Waals surface area contributed by atoms with Crippen LogP contribution in [0.5, 0.6) is 0 Å². The molecule has 0 spiro atoms. The summed E-state index contributed by atoms with van der Waals surface area (Å²) in [5.41, 5.74) is 1.31. The van der Waals surface area contributed by atoms with Crippen molar-refractivity contribution in [3.8, 4) is 0 Å². The maximum Gasteiger partial charge on any atom is 0.225 e. The second kappa shape index (κ2) is 13.1. The molecule has 0 radical (unpaired) electrons. The van der Waals surface area contributed by atoms with Crippen LogP contribution in [-0.2, 0) is 22.6 Å². The molecule has 208 valence electrons. The van der Waals surface area contributed by atoms with Crippen LogP contribution in [0.3, 0.4) is 0 Å². The number of likely N-dealkylation sites (tertiary alicyclic amines) is 1. The van der Waals surface area contributed by atoms with Crippen LogP contribution in [0.25, 0.3) is 0 Å². The van der Waals surface area contributed by atoms with Gasteiger partial charge in [-0.1, -0.05) is 13.3 Å². The van der Waals surface area contributed by atoms with Gasteiger partial charge in [0.1, 0.15) is 11.6 Å². The van der Waals surface area contributed by atoms with E-state index in [1.165, 1.54) is 12.1 Å². The average Bonchev–Trinajstić information content (AvgIpc) is 3.45. The first-order valence-corrected chi connectivity index (χ1v) is 14.2. The summed E-state index contributed by atoms with van der Waals surface area (Å²) in [7, 11) is 0. The molecule has 2 aliphatic heterocycles. The molecule has 2 saturated heterocycles. The molecule has 2 aliphatic rings. The van der Waals surface area contributed by atoms with Crippen LogP contribution in [0, 0.1) is 24.5 Å². The van der Waals surface area contributed by atoms with Gasteiger partial charge in [0, 0.05) is 63.2 Å². The number of nitrogens with one attached hydrogen (secondary N) is 2. The van der Waals surface area contributed by atoms with Crippen LogP contribution in [0.2, 0.25) is 0 Å². The molecule has 4 rings (SSSR count). The summed E-state index contributed by atoms with van der Waals surface area (Å²) in [6.45, 7) is 7.56. The lowest BCUT2D eigenvalue weighted by atomic mass is 9.94. The minimum Gasteiger partial charge on any atom is -0.389 e. The molecule has 2 aromatic rings. The fraction of sp³-hybridized carbons (Fsp3) is 0.593. The van der Waals surface area contributed by atoms with Crippen molar-refractivity contribution in [1.29, 1.82) is 0 Å². The minimum atomic E-state index is -1.03. The van der Waals surface area contributed by atoms with Gasteiger partial charge in [-0.05, 0) is 37.5 Å². The smallest absolute Gasteiger partial charge is 0.225 e. The predicted molar refractivity (Wildman–Crippen MR) is 142 cm³/mol. The van der Waals surface area contributed by atoms with Crippen LogP contribution in [0.4, 0.5) is 8.78 Å². The van der Waals surface area contributed by atoms with E-state index in [1.807, 2.05) is 19.2 Å². The van der Waals surface area contributed by atoms with Gasteiger partial charge in [-0.25, -0.2) is 13.8 Å². The van der Waals surface area contributed by atoms with Gasteiger partial charge in [0.2, 0.25) is 11.8 Å². The highest BCUT2D eigenvalue weighted by molar-refractivity contribution is 7.09. The zero-order valence-electron chi connectivity index (χ0n) is 22.0. The Morgan fingerprint density at radius 1 is 1.29 bits per heavy atom. The summed E-state index contributed by atoms with van der Waals surface area (Å²) >= 11 is 1.59. The highest BCUT2D eigenvalue weighted by Crippen LogP contribution is 2.21. The Kier molecular flexibility index (Phi) is 9.80. The largest absolute Gasteiger partial charge is 0.389 e. The molecule has 0 unspecified atom stereocenters. The maximum absolute atomic E-state index is 13.9. The summed E-state index contributed by atoms with van der Waals surface area (Å²) in [6.07, 6.45) is 0.961. The Labute approximate surface area is 226 Å². The monoisotopic (exact) mass is 549 g/mol. The number of carbonyl (C=O) groups is 2. The van der Waals surface area contributed by atoms with Crippen LogP contribution in [-0.4, -0.2) is 82.6 Å². The number of aliphatic hydroxyl groups is 1. The van der Waals surface area contributed by atoms with Crippen molar-refractivity contribution in [3.05, 3.63) is 51.5 Å². The van der Waals surface area contributed by atoms with Gasteiger partial charge in [-0.3, -0.25) is 14.5 Å². The maximum atomic E-state index is 13.9. The molecule has 2 fully saturated rings. The van der Waals surface area contributed by atoms with Crippen molar-refractivity contribution in [2.75, 3.05) is 32.7 Å². The zero-order chi connectivity index (χ0) is 27.2. The zero-order valence-corrected chi connectivity index (χ0v) is 22.8. The number of aryl methyl sites for hydroxylation is 1. The summed E-state index contributed by atoms with van der Waals surface area (Å²) in [6, 6.07) is 2.04. The van der Waals surface area contributed by atoms with Crippen molar-refractivity contribution >= 4 is 23.2 Å². The van der Waals surface area contributed by atoms with E-state index >= 15 is 0 Å². The van der Waals surface area contributed by atoms with Gasteiger partial charge in [0.15, 0.2) is 0 Å². The van der Waals surface area contributed by atoms with E-state index in [9.17, 15) is 23.5 Å². The molecular weight excluding hydrogens is 512 g/mol. The molecule has 11 heteroatoms. The fourth-order valence-corrected chi connectivity index (χ4v) is 5.86. The number of rotatable bonds is 11. The van der Waals surface area contributed by atoms with Gasteiger partial charge in [0.05, 0.1) is 28.8 Å².